The Balaban J connectivity index is 2.56. The summed E-state index contributed by atoms with van der Waals surface area (Å²) in [6, 6.07) is 0.0684. The van der Waals surface area contributed by atoms with Gasteiger partial charge in [-0.1, -0.05) is 0 Å². The molecule has 0 aromatic heterocycles. The lowest BCUT2D eigenvalue weighted by molar-refractivity contribution is -0.139. The second-order valence-corrected chi connectivity index (χ2v) is 3.80. The molecule has 0 aromatic carbocycles. The Morgan fingerprint density at radius 1 is 1.43 bits per heavy atom. The SMILES string of the molecule is CC(=O)N1CCN(C(=O)CCl)C(C)C1. The fourth-order valence-electron chi connectivity index (χ4n) is 1.69. The summed E-state index contributed by atoms with van der Waals surface area (Å²) >= 11 is 5.48. The molecule has 0 aliphatic carbocycles. The van der Waals surface area contributed by atoms with Crippen molar-refractivity contribution in [1.29, 1.82) is 0 Å². The van der Waals surface area contributed by atoms with Crippen LogP contribution in [-0.4, -0.2) is 53.2 Å². The van der Waals surface area contributed by atoms with E-state index in [1.807, 2.05) is 6.92 Å². The molecular formula is C9H15ClN2O2. The van der Waals surface area contributed by atoms with Crippen molar-refractivity contribution in [3.8, 4) is 0 Å². The number of halogens is 1. The zero-order valence-corrected chi connectivity index (χ0v) is 9.25. The van der Waals surface area contributed by atoms with Crippen molar-refractivity contribution in [3.63, 3.8) is 0 Å². The van der Waals surface area contributed by atoms with Gasteiger partial charge in [0, 0.05) is 32.6 Å². The fraction of sp³-hybridized carbons (Fsp3) is 0.778. The summed E-state index contributed by atoms with van der Waals surface area (Å²) in [5, 5.41) is 0. The maximum absolute atomic E-state index is 11.3. The normalized spacial score (nSPS) is 22.4. The number of hydrogen-bond acceptors (Lipinski definition) is 2. The minimum Gasteiger partial charge on any atom is -0.339 e. The number of amides is 2. The van der Waals surface area contributed by atoms with Gasteiger partial charge in [-0.25, -0.2) is 0 Å². The molecule has 0 radical (unpaired) electrons. The van der Waals surface area contributed by atoms with E-state index in [9.17, 15) is 9.59 Å². The van der Waals surface area contributed by atoms with E-state index < -0.39 is 0 Å². The molecule has 0 N–H and O–H groups in total. The third kappa shape index (κ3) is 2.38. The molecule has 1 fully saturated rings. The topological polar surface area (TPSA) is 40.6 Å². The third-order valence-electron chi connectivity index (χ3n) is 2.51. The summed E-state index contributed by atoms with van der Waals surface area (Å²) < 4.78 is 0. The van der Waals surface area contributed by atoms with Gasteiger partial charge in [0.1, 0.15) is 5.88 Å². The maximum Gasteiger partial charge on any atom is 0.237 e. The Hall–Kier alpha value is -0.770. The first-order valence-corrected chi connectivity index (χ1v) is 5.20. The lowest BCUT2D eigenvalue weighted by atomic mass is 10.2. The van der Waals surface area contributed by atoms with Gasteiger partial charge in [-0.05, 0) is 6.92 Å². The second kappa shape index (κ2) is 4.64. The van der Waals surface area contributed by atoms with Crippen LogP contribution in [0, 0.1) is 0 Å². The number of rotatable bonds is 1. The Bertz CT molecular complexity index is 245. The van der Waals surface area contributed by atoms with Crippen LogP contribution in [0.5, 0.6) is 0 Å². The van der Waals surface area contributed by atoms with Crippen LogP contribution in [-0.2, 0) is 9.59 Å². The molecule has 1 unspecified atom stereocenters. The van der Waals surface area contributed by atoms with Crippen LogP contribution in [0.2, 0.25) is 0 Å². The highest BCUT2D eigenvalue weighted by Gasteiger charge is 2.27. The molecule has 2 amide bonds. The van der Waals surface area contributed by atoms with E-state index >= 15 is 0 Å². The van der Waals surface area contributed by atoms with Gasteiger partial charge in [0.2, 0.25) is 11.8 Å². The summed E-state index contributed by atoms with van der Waals surface area (Å²) in [7, 11) is 0. The molecule has 0 spiro atoms. The second-order valence-electron chi connectivity index (χ2n) is 3.53. The number of carbonyl (C=O) groups is 2. The summed E-state index contributed by atoms with van der Waals surface area (Å²) in [6.07, 6.45) is 0. The number of alkyl halides is 1. The van der Waals surface area contributed by atoms with Gasteiger partial charge in [0.05, 0.1) is 0 Å². The standard InChI is InChI=1S/C9H15ClN2O2/c1-7-6-11(8(2)13)3-4-12(7)9(14)5-10/h7H,3-6H2,1-2H3. The first-order chi connectivity index (χ1) is 6.56. The van der Waals surface area contributed by atoms with Crippen LogP contribution in [0.15, 0.2) is 0 Å². The van der Waals surface area contributed by atoms with E-state index in [1.54, 1.807) is 16.7 Å². The van der Waals surface area contributed by atoms with Crippen molar-refractivity contribution in [1.82, 2.24) is 9.80 Å². The van der Waals surface area contributed by atoms with Gasteiger partial charge >= 0.3 is 0 Å². The molecule has 1 aliphatic rings. The molecule has 0 bridgehead atoms. The smallest absolute Gasteiger partial charge is 0.237 e. The summed E-state index contributed by atoms with van der Waals surface area (Å²) in [5.41, 5.74) is 0. The van der Waals surface area contributed by atoms with Gasteiger partial charge in [-0.3, -0.25) is 9.59 Å². The maximum atomic E-state index is 11.3. The minimum atomic E-state index is -0.0534. The first kappa shape index (κ1) is 11.3. The minimum absolute atomic E-state index is 0.0183. The van der Waals surface area contributed by atoms with Gasteiger partial charge in [0.15, 0.2) is 0 Å². The Labute approximate surface area is 88.8 Å². The van der Waals surface area contributed by atoms with E-state index in [0.29, 0.717) is 19.6 Å². The molecule has 1 rings (SSSR count). The van der Waals surface area contributed by atoms with Crippen LogP contribution in [0.4, 0.5) is 0 Å². The zero-order chi connectivity index (χ0) is 10.7. The Morgan fingerprint density at radius 3 is 2.50 bits per heavy atom. The van der Waals surface area contributed by atoms with E-state index in [4.69, 9.17) is 11.6 Å². The van der Waals surface area contributed by atoms with E-state index in [2.05, 4.69) is 0 Å². The molecule has 1 aliphatic heterocycles. The van der Waals surface area contributed by atoms with Gasteiger partial charge in [0.25, 0.3) is 0 Å². The van der Waals surface area contributed by atoms with Crippen molar-refractivity contribution < 1.29 is 9.59 Å². The van der Waals surface area contributed by atoms with Crippen LogP contribution < -0.4 is 0 Å². The van der Waals surface area contributed by atoms with Crippen molar-refractivity contribution in [2.75, 3.05) is 25.5 Å². The molecular weight excluding hydrogens is 204 g/mol. The highest BCUT2D eigenvalue weighted by atomic mass is 35.5. The molecule has 1 heterocycles. The predicted octanol–water partition coefficient (Wildman–Crippen LogP) is 0.304. The van der Waals surface area contributed by atoms with Crippen molar-refractivity contribution in [2.24, 2.45) is 0 Å². The quantitative estimate of drug-likeness (QED) is 0.595. The van der Waals surface area contributed by atoms with E-state index in [-0.39, 0.29) is 23.7 Å². The van der Waals surface area contributed by atoms with Gasteiger partial charge in [-0.2, -0.15) is 0 Å². The Kier molecular flexibility index (Phi) is 3.75. The van der Waals surface area contributed by atoms with Crippen LogP contribution in [0.1, 0.15) is 13.8 Å². The van der Waals surface area contributed by atoms with Crippen LogP contribution in [0.25, 0.3) is 0 Å². The lowest BCUT2D eigenvalue weighted by Crippen LogP contribution is -2.55. The number of piperazine rings is 1. The van der Waals surface area contributed by atoms with E-state index in [1.165, 1.54) is 0 Å². The lowest BCUT2D eigenvalue weighted by Gasteiger charge is -2.39. The summed E-state index contributed by atoms with van der Waals surface area (Å²) in [5.74, 6) is 0.0296. The molecule has 80 valence electrons. The molecule has 4 nitrogen and oxygen atoms in total. The molecule has 5 heteroatoms. The first-order valence-electron chi connectivity index (χ1n) is 4.67. The molecule has 0 saturated carbocycles. The molecule has 14 heavy (non-hydrogen) atoms. The zero-order valence-electron chi connectivity index (χ0n) is 8.49. The number of carbonyl (C=O) groups excluding carboxylic acids is 2. The van der Waals surface area contributed by atoms with Crippen molar-refractivity contribution >= 4 is 23.4 Å². The number of nitrogens with zero attached hydrogens (tertiary/aromatic N) is 2. The fourth-order valence-corrected chi connectivity index (χ4v) is 1.84. The third-order valence-corrected chi connectivity index (χ3v) is 2.74. The predicted molar refractivity (Wildman–Crippen MR) is 54.1 cm³/mol. The highest BCUT2D eigenvalue weighted by Crippen LogP contribution is 2.10. The Morgan fingerprint density at radius 2 is 2.07 bits per heavy atom. The summed E-state index contributed by atoms with van der Waals surface area (Å²) in [4.78, 5) is 25.9. The largest absolute Gasteiger partial charge is 0.339 e. The number of hydrogen-bond donors (Lipinski definition) is 0. The highest BCUT2D eigenvalue weighted by molar-refractivity contribution is 6.27. The van der Waals surface area contributed by atoms with Crippen LogP contribution >= 0.6 is 11.6 Å². The van der Waals surface area contributed by atoms with E-state index in [0.717, 1.165) is 0 Å². The average molecular weight is 219 g/mol. The molecule has 1 saturated heterocycles. The van der Waals surface area contributed by atoms with Crippen molar-refractivity contribution in [2.45, 2.75) is 19.9 Å². The van der Waals surface area contributed by atoms with Gasteiger partial charge < -0.3 is 9.80 Å². The van der Waals surface area contributed by atoms with Gasteiger partial charge in [-0.15, -0.1) is 11.6 Å². The average Bonchev–Trinajstić information content (AvgIpc) is 2.16. The summed E-state index contributed by atoms with van der Waals surface area (Å²) in [6.45, 7) is 5.29. The van der Waals surface area contributed by atoms with Crippen molar-refractivity contribution in [3.05, 3.63) is 0 Å². The molecule has 1 atom stereocenters. The van der Waals surface area contributed by atoms with Crippen LogP contribution in [0.3, 0.4) is 0 Å². The molecule has 0 aromatic rings. The monoisotopic (exact) mass is 218 g/mol.